The second-order valence-corrected chi connectivity index (χ2v) is 9.45. The molecule has 1 heterocycles. The van der Waals surface area contributed by atoms with Crippen molar-refractivity contribution in [2.45, 2.75) is 12.5 Å². The van der Waals surface area contributed by atoms with Crippen molar-refractivity contribution in [2.24, 2.45) is 0 Å². The predicted octanol–water partition coefficient (Wildman–Crippen LogP) is 5.02. The second kappa shape index (κ2) is 11.4. The number of nitrogen functional groups attached to an aromatic ring is 1. The van der Waals surface area contributed by atoms with Crippen LogP contribution in [0.25, 0.3) is 33.2 Å². The number of fused-ring (bicyclic) bond motifs is 1. The summed E-state index contributed by atoms with van der Waals surface area (Å²) in [6.45, 7) is 0.930. The predicted molar refractivity (Wildman–Crippen MR) is 156 cm³/mol. The molecule has 1 atom stereocenters. The molecule has 39 heavy (non-hydrogen) atoms. The first-order valence-electron chi connectivity index (χ1n) is 12.8. The number of rotatable bonds is 9. The van der Waals surface area contributed by atoms with Gasteiger partial charge in [0.05, 0.1) is 18.7 Å². The fourth-order valence-electron chi connectivity index (χ4n) is 4.85. The van der Waals surface area contributed by atoms with E-state index in [-0.39, 0.29) is 11.3 Å². The highest BCUT2D eigenvalue weighted by Crippen LogP contribution is 2.35. The minimum Gasteiger partial charge on any atom is -0.506 e. The Morgan fingerprint density at radius 1 is 0.923 bits per heavy atom. The van der Waals surface area contributed by atoms with E-state index in [1.165, 1.54) is 12.1 Å². The van der Waals surface area contributed by atoms with Gasteiger partial charge >= 0.3 is 0 Å². The highest BCUT2D eigenvalue weighted by Gasteiger charge is 2.14. The first-order chi connectivity index (χ1) is 18.9. The average molecular weight is 522 g/mol. The first-order valence-corrected chi connectivity index (χ1v) is 12.8. The lowest BCUT2D eigenvalue weighted by atomic mass is 9.96. The number of phenolic OH excluding ortho intramolecular Hbond substituents is 1. The number of aromatic amines is 1. The van der Waals surface area contributed by atoms with E-state index in [1.54, 1.807) is 19.2 Å². The molecule has 0 aliphatic carbocycles. The van der Waals surface area contributed by atoms with Crippen LogP contribution in [0.4, 0.5) is 5.69 Å². The number of nitrogens with one attached hydrogen (secondary N) is 2. The van der Waals surface area contributed by atoms with Crippen LogP contribution >= 0.6 is 0 Å². The fraction of sp³-hybridized carbons (Fsp3) is 0.156. The number of H-pyrrole nitrogens is 1. The number of pyridine rings is 1. The maximum absolute atomic E-state index is 11.6. The monoisotopic (exact) mass is 521 g/mol. The minimum atomic E-state index is -0.812. The number of phenols is 1. The molecule has 0 bridgehead atoms. The van der Waals surface area contributed by atoms with Crippen LogP contribution in [0.15, 0.2) is 95.8 Å². The summed E-state index contributed by atoms with van der Waals surface area (Å²) in [6.07, 6.45) is -0.118. The van der Waals surface area contributed by atoms with Crippen molar-refractivity contribution in [3.8, 4) is 33.8 Å². The molecule has 4 aromatic carbocycles. The molecular weight excluding hydrogens is 490 g/mol. The van der Waals surface area contributed by atoms with Gasteiger partial charge < -0.3 is 31.0 Å². The Labute approximate surface area is 226 Å². The van der Waals surface area contributed by atoms with Gasteiger partial charge in [-0.2, -0.15) is 0 Å². The lowest BCUT2D eigenvalue weighted by Crippen LogP contribution is -2.24. The van der Waals surface area contributed by atoms with Gasteiger partial charge in [-0.15, -0.1) is 0 Å². The van der Waals surface area contributed by atoms with Crippen molar-refractivity contribution in [1.82, 2.24) is 10.3 Å². The number of hydrogen-bond acceptors (Lipinski definition) is 6. The van der Waals surface area contributed by atoms with Gasteiger partial charge in [-0.05, 0) is 71.1 Å². The molecular formula is C32H31N3O4. The maximum Gasteiger partial charge on any atom is 0.248 e. The van der Waals surface area contributed by atoms with Gasteiger partial charge in [-0.1, -0.05) is 54.6 Å². The maximum atomic E-state index is 11.6. The Kier molecular flexibility index (Phi) is 7.63. The van der Waals surface area contributed by atoms with E-state index >= 15 is 0 Å². The Bertz CT molecular complexity index is 1660. The molecule has 0 saturated heterocycles. The number of aromatic hydroxyl groups is 1. The largest absolute Gasteiger partial charge is 0.506 e. The quantitative estimate of drug-likeness (QED) is 0.137. The number of aliphatic hydroxyl groups is 1. The zero-order valence-corrected chi connectivity index (χ0v) is 21.6. The van der Waals surface area contributed by atoms with Crippen LogP contribution in [0.2, 0.25) is 0 Å². The number of aliphatic hydroxyl groups excluding tert-OH is 1. The number of benzene rings is 4. The van der Waals surface area contributed by atoms with Crippen molar-refractivity contribution in [2.75, 3.05) is 25.9 Å². The van der Waals surface area contributed by atoms with Gasteiger partial charge in [0.15, 0.2) is 0 Å². The number of nitrogens with two attached hydrogens (primary N) is 1. The number of ether oxygens (including phenoxy) is 1. The number of aromatic nitrogens is 1. The van der Waals surface area contributed by atoms with Crippen LogP contribution in [0, 0.1) is 0 Å². The zero-order valence-electron chi connectivity index (χ0n) is 21.6. The van der Waals surface area contributed by atoms with Gasteiger partial charge in [-0.3, -0.25) is 4.79 Å². The number of hydrogen-bond donors (Lipinski definition) is 5. The van der Waals surface area contributed by atoms with Crippen LogP contribution in [-0.2, 0) is 6.42 Å². The smallest absolute Gasteiger partial charge is 0.248 e. The molecule has 1 aromatic heterocycles. The summed E-state index contributed by atoms with van der Waals surface area (Å²) in [5, 5.41) is 24.7. The molecule has 0 saturated carbocycles. The van der Waals surface area contributed by atoms with Crippen LogP contribution in [0.3, 0.4) is 0 Å². The van der Waals surface area contributed by atoms with Crippen LogP contribution in [-0.4, -0.2) is 35.4 Å². The van der Waals surface area contributed by atoms with Crippen molar-refractivity contribution >= 4 is 16.6 Å². The molecule has 198 valence electrons. The highest BCUT2D eigenvalue weighted by atomic mass is 16.5. The average Bonchev–Trinajstić information content (AvgIpc) is 2.96. The van der Waals surface area contributed by atoms with E-state index in [0.29, 0.717) is 41.7 Å². The summed E-state index contributed by atoms with van der Waals surface area (Å²) in [7, 11) is 1.68. The Morgan fingerprint density at radius 2 is 1.69 bits per heavy atom. The summed E-state index contributed by atoms with van der Waals surface area (Å²) < 4.78 is 5.59. The Hall–Kier alpha value is -4.59. The summed E-state index contributed by atoms with van der Waals surface area (Å²) in [5.74, 6) is 0.785. The lowest BCUT2D eigenvalue weighted by Gasteiger charge is -2.16. The number of anilines is 1. The highest BCUT2D eigenvalue weighted by molar-refractivity contribution is 5.87. The van der Waals surface area contributed by atoms with E-state index in [9.17, 15) is 15.0 Å². The van der Waals surface area contributed by atoms with E-state index < -0.39 is 6.10 Å². The summed E-state index contributed by atoms with van der Waals surface area (Å²) in [5.41, 5.74) is 13.0. The van der Waals surface area contributed by atoms with Crippen molar-refractivity contribution < 1.29 is 14.9 Å². The van der Waals surface area contributed by atoms with E-state index in [1.807, 2.05) is 42.5 Å². The van der Waals surface area contributed by atoms with Gasteiger partial charge in [0.25, 0.3) is 0 Å². The molecule has 0 fully saturated rings. The summed E-state index contributed by atoms with van der Waals surface area (Å²) in [4.78, 5) is 14.3. The minimum absolute atomic E-state index is 0.0311. The first kappa shape index (κ1) is 26.0. The molecule has 0 spiro atoms. The molecule has 6 N–H and O–H groups in total. The molecule has 0 unspecified atom stereocenters. The number of methoxy groups -OCH3 is 1. The summed E-state index contributed by atoms with van der Waals surface area (Å²) in [6, 6.07) is 28.5. The van der Waals surface area contributed by atoms with E-state index in [4.69, 9.17) is 10.5 Å². The van der Waals surface area contributed by atoms with Crippen LogP contribution in [0.1, 0.15) is 17.2 Å². The Morgan fingerprint density at radius 3 is 2.46 bits per heavy atom. The normalized spacial score (nSPS) is 11.9. The third kappa shape index (κ3) is 5.65. The topological polar surface area (TPSA) is 121 Å². The Balaban J connectivity index is 1.24. The molecule has 7 heteroatoms. The summed E-state index contributed by atoms with van der Waals surface area (Å²) >= 11 is 0. The molecule has 0 aliphatic rings. The standard InChI is InChI=1S/C32H31N3O4/c1-39-30-13-9-22(17-26(30)20-5-3-2-4-6-20)23-8-7-21(27(33)18-23)15-16-34-19-29(37)24-10-12-28(36)32-25(24)11-14-31(38)35-32/h2-14,17-18,29,34,36-37H,15-16,19,33H2,1H3,(H,35,38)/t29-/m0/s1. The molecule has 7 nitrogen and oxygen atoms in total. The molecule has 5 aromatic rings. The van der Waals surface area contributed by atoms with Gasteiger partial charge in [0.2, 0.25) is 5.56 Å². The van der Waals surface area contributed by atoms with Crippen LogP contribution in [0.5, 0.6) is 11.5 Å². The van der Waals surface area contributed by atoms with Crippen LogP contribution < -0.4 is 21.3 Å². The third-order valence-electron chi connectivity index (χ3n) is 6.94. The molecule has 5 rings (SSSR count). The van der Waals surface area contributed by atoms with Crippen molar-refractivity contribution in [3.63, 3.8) is 0 Å². The van der Waals surface area contributed by atoms with Crippen molar-refractivity contribution in [1.29, 1.82) is 0 Å². The van der Waals surface area contributed by atoms with Gasteiger partial charge in [0.1, 0.15) is 11.5 Å². The second-order valence-electron chi connectivity index (χ2n) is 9.45. The van der Waals surface area contributed by atoms with E-state index in [2.05, 4.69) is 34.6 Å². The van der Waals surface area contributed by atoms with Gasteiger partial charge in [0, 0.05) is 29.2 Å². The molecule has 0 amide bonds. The molecule has 0 aliphatic heterocycles. The van der Waals surface area contributed by atoms with Gasteiger partial charge in [-0.25, -0.2) is 0 Å². The third-order valence-corrected chi connectivity index (χ3v) is 6.94. The van der Waals surface area contributed by atoms with Crippen molar-refractivity contribution in [3.05, 3.63) is 112 Å². The fourth-order valence-corrected chi connectivity index (χ4v) is 4.85. The van der Waals surface area contributed by atoms with E-state index in [0.717, 1.165) is 33.6 Å². The lowest BCUT2D eigenvalue weighted by molar-refractivity contribution is 0.176. The zero-order chi connectivity index (χ0) is 27.4. The SMILES string of the molecule is COc1ccc(-c2ccc(CCNC[C@H](O)c3ccc(O)c4[nH]c(=O)ccc34)c(N)c2)cc1-c1ccccc1. The molecule has 0 radical (unpaired) electrons.